The summed E-state index contributed by atoms with van der Waals surface area (Å²) in [4.78, 5) is 27.5. The number of nitrogens with one attached hydrogen (secondary N) is 2. The van der Waals surface area contributed by atoms with Crippen LogP contribution in [0.5, 0.6) is 11.5 Å². The number of anilines is 1. The smallest absolute Gasteiger partial charge is 0.272 e. The van der Waals surface area contributed by atoms with Crippen molar-refractivity contribution in [3.05, 3.63) is 40.7 Å². The molecule has 1 aromatic carbocycles. The lowest BCUT2D eigenvalue weighted by Crippen LogP contribution is -2.15. The molecule has 0 aliphatic rings. The lowest BCUT2D eigenvalue weighted by Gasteiger charge is -2.14. The zero-order valence-corrected chi connectivity index (χ0v) is 16.0. The highest BCUT2D eigenvalue weighted by Crippen LogP contribution is 2.30. The molecule has 1 heterocycles. The number of benzene rings is 1. The van der Waals surface area contributed by atoms with Crippen LogP contribution in [-0.4, -0.2) is 30.4 Å². The molecule has 0 fully saturated rings. The van der Waals surface area contributed by atoms with Crippen molar-refractivity contribution < 1.29 is 19.1 Å². The molecule has 0 saturated heterocycles. The van der Waals surface area contributed by atoms with Crippen LogP contribution in [0.4, 0.5) is 5.69 Å². The molecule has 0 bridgehead atoms. The van der Waals surface area contributed by atoms with E-state index in [0.717, 1.165) is 12.8 Å². The van der Waals surface area contributed by atoms with Gasteiger partial charge in [-0.1, -0.05) is 13.3 Å². The Labute approximate surface area is 153 Å². The van der Waals surface area contributed by atoms with Gasteiger partial charge in [0.05, 0.1) is 19.4 Å². The van der Waals surface area contributed by atoms with Crippen molar-refractivity contribution >= 4 is 17.4 Å². The molecular formula is C20H26N2O4. The largest absolute Gasteiger partial charge is 0.497 e. The number of aromatic nitrogens is 1. The summed E-state index contributed by atoms with van der Waals surface area (Å²) in [6, 6.07) is 5.28. The number of ketones is 1. The molecule has 1 aromatic heterocycles. The Balaban J connectivity index is 2.30. The van der Waals surface area contributed by atoms with E-state index in [1.54, 1.807) is 39.2 Å². The number of Topliss-reactive ketones (excluding diaryl/α,β-unsaturated/α-hetero) is 1. The fraction of sp³-hybridized carbons (Fsp3) is 0.400. The number of unbranched alkanes of at least 4 members (excludes halogenated alkanes) is 1. The molecule has 0 spiro atoms. The average Bonchev–Trinajstić information content (AvgIpc) is 2.90. The zero-order valence-electron chi connectivity index (χ0n) is 16.0. The summed E-state index contributed by atoms with van der Waals surface area (Å²) in [6.45, 7) is 7.70. The Morgan fingerprint density at radius 3 is 2.54 bits per heavy atom. The van der Waals surface area contributed by atoms with Gasteiger partial charge in [-0.25, -0.2) is 0 Å². The van der Waals surface area contributed by atoms with E-state index in [9.17, 15) is 9.59 Å². The highest BCUT2D eigenvalue weighted by Gasteiger charge is 2.21. The van der Waals surface area contributed by atoms with Crippen LogP contribution >= 0.6 is 0 Å². The number of aryl methyl sites for hydroxylation is 1. The Bertz CT molecular complexity index is 808. The third kappa shape index (κ3) is 4.25. The predicted molar refractivity (Wildman–Crippen MR) is 102 cm³/mol. The van der Waals surface area contributed by atoms with Crippen LogP contribution in [0.2, 0.25) is 0 Å². The Morgan fingerprint density at radius 1 is 1.23 bits per heavy atom. The van der Waals surface area contributed by atoms with Crippen molar-refractivity contribution in [2.45, 2.75) is 40.5 Å². The van der Waals surface area contributed by atoms with Crippen molar-refractivity contribution in [2.24, 2.45) is 0 Å². The van der Waals surface area contributed by atoms with Crippen LogP contribution in [0, 0.1) is 13.8 Å². The molecule has 0 aliphatic carbocycles. The number of hydrogen-bond donors (Lipinski definition) is 2. The Kier molecular flexibility index (Phi) is 6.44. The van der Waals surface area contributed by atoms with Gasteiger partial charge < -0.3 is 19.8 Å². The van der Waals surface area contributed by atoms with Gasteiger partial charge in [0.1, 0.15) is 17.2 Å². The number of H-pyrrole nitrogens is 1. The molecule has 140 valence electrons. The molecule has 0 radical (unpaired) electrons. The first-order chi connectivity index (χ1) is 12.4. The highest BCUT2D eigenvalue weighted by atomic mass is 16.5. The van der Waals surface area contributed by atoms with Crippen LogP contribution < -0.4 is 14.8 Å². The normalized spacial score (nSPS) is 10.5. The van der Waals surface area contributed by atoms with Crippen molar-refractivity contribution in [1.29, 1.82) is 0 Å². The minimum atomic E-state index is -0.327. The quantitative estimate of drug-likeness (QED) is 0.545. The summed E-state index contributed by atoms with van der Waals surface area (Å²) in [5, 5.41) is 2.86. The van der Waals surface area contributed by atoms with Gasteiger partial charge in [-0.3, -0.25) is 9.59 Å². The van der Waals surface area contributed by atoms with Gasteiger partial charge in [0.2, 0.25) is 0 Å². The van der Waals surface area contributed by atoms with E-state index >= 15 is 0 Å². The van der Waals surface area contributed by atoms with Crippen molar-refractivity contribution in [3.63, 3.8) is 0 Å². The minimum absolute atomic E-state index is 0.0692. The summed E-state index contributed by atoms with van der Waals surface area (Å²) >= 11 is 0. The molecule has 2 rings (SSSR count). The van der Waals surface area contributed by atoms with Crippen LogP contribution in [0.3, 0.4) is 0 Å². The molecule has 0 atom stereocenters. The number of ether oxygens (including phenoxy) is 2. The summed E-state index contributed by atoms with van der Waals surface area (Å²) < 4.78 is 11.0. The average molecular weight is 358 g/mol. The molecule has 0 saturated carbocycles. The van der Waals surface area contributed by atoms with Gasteiger partial charge in [-0.05, 0) is 44.9 Å². The second-order valence-corrected chi connectivity index (χ2v) is 6.20. The lowest BCUT2D eigenvalue weighted by molar-refractivity contribution is 0.101. The van der Waals surface area contributed by atoms with E-state index in [2.05, 4.69) is 17.2 Å². The number of hydrogen-bond acceptors (Lipinski definition) is 4. The molecule has 6 nitrogen and oxygen atoms in total. The highest BCUT2D eigenvalue weighted by molar-refractivity contribution is 6.08. The molecule has 0 unspecified atom stereocenters. The molecule has 2 aromatic rings. The van der Waals surface area contributed by atoms with Gasteiger partial charge >= 0.3 is 0 Å². The number of rotatable bonds is 8. The zero-order chi connectivity index (χ0) is 19.3. The minimum Gasteiger partial charge on any atom is -0.497 e. The van der Waals surface area contributed by atoms with Crippen LogP contribution in [0.15, 0.2) is 18.2 Å². The van der Waals surface area contributed by atoms with Crippen LogP contribution in [0.1, 0.15) is 58.8 Å². The number of amides is 1. The van der Waals surface area contributed by atoms with E-state index in [4.69, 9.17) is 9.47 Å². The number of methoxy groups -OCH3 is 1. The first-order valence-corrected chi connectivity index (χ1v) is 8.71. The number of carbonyl (C=O) groups excluding carboxylic acids is 2. The lowest BCUT2D eigenvalue weighted by atomic mass is 10.1. The van der Waals surface area contributed by atoms with E-state index in [1.165, 1.54) is 6.92 Å². The van der Waals surface area contributed by atoms with E-state index < -0.39 is 0 Å². The third-order valence-electron chi connectivity index (χ3n) is 4.21. The van der Waals surface area contributed by atoms with Gasteiger partial charge in [0.15, 0.2) is 5.78 Å². The first kappa shape index (κ1) is 19.6. The monoisotopic (exact) mass is 358 g/mol. The second-order valence-electron chi connectivity index (χ2n) is 6.20. The molecule has 0 aliphatic heterocycles. The first-order valence-electron chi connectivity index (χ1n) is 8.71. The Morgan fingerprint density at radius 2 is 1.96 bits per heavy atom. The third-order valence-corrected chi connectivity index (χ3v) is 4.21. The topological polar surface area (TPSA) is 80.4 Å². The van der Waals surface area contributed by atoms with Gasteiger partial charge in [-0.2, -0.15) is 0 Å². The van der Waals surface area contributed by atoms with Gasteiger partial charge in [-0.15, -0.1) is 0 Å². The standard InChI is InChI=1S/C20H26N2O4/c1-6-7-10-26-17-9-8-15(25-5)11-16(17)22-20(24)19-12(2)18(14(4)23)13(3)21-19/h8-9,11,21H,6-7,10H2,1-5H3,(H,22,24). The van der Waals surface area contributed by atoms with Crippen LogP contribution in [-0.2, 0) is 0 Å². The summed E-state index contributed by atoms with van der Waals surface area (Å²) in [7, 11) is 1.57. The molecule has 26 heavy (non-hydrogen) atoms. The van der Waals surface area contributed by atoms with Crippen molar-refractivity contribution in [1.82, 2.24) is 4.98 Å². The maximum absolute atomic E-state index is 12.8. The fourth-order valence-electron chi connectivity index (χ4n) is 2.88. The number of carbonyl (C=O) groups is 2. The maximum Gasteiger partial charge on any atom is 0.272 e. The van der Waals surface area contributed by atoms with Gasteiger partial charge in [0, 0.05) is 17.3 Å². The maximum atomic E-state index is 12.8. The molecular weight excluding hydrogens is 332 g/mol. The van der Waals surface area contributed by atoms with E-state index in [-0.39, 0.29) is 11.7 Å². The predicted octanol–water partition coefficient (Wildman–Crippen LogP) is 4.27. The molecule has 6 heteroatoms. The Hall–Kier alpha value is -2.76. The summed E-state index contributed by atoms with van der Waals surface area (Å²) in [5.74, 6) is 0.805. The van der Waals surface area contributed by atoms with Crippen molar-refractivity contribution in [2.75, 3.05) is 19.0 Å². The molecule has 2 N–H and O–H groups in total. The second kappa shape index (κ2) is 8.56. The molecule has 1 amide bonds. The van der Waals surface area contributed by atoms with Crippen LogP contribution in [0.25, 0.3) is 0 Å². The number of aromatic amines is 1. The fourth-order valence-corrected chi connectivity index (χ4v) is 2.88. The van der Waals surface area contributed by atoms with Crippen molar-refractivity contribution in [3.8, 4) is 11.5 Å². The van der Waals surface area contributed by atoms with Gasteiger partial charge in [0.25, 0.3) is 5.91 Å². The summed E-state index contributed by atoms with van der Waals surface area (Å²) in [5.41, 5.74) is 2.78. The van der Waals surface area contributed by atoms with E-state index in [0.29, 0.717) is 46.3 Å². The summed E-state index contributed by atoms with van der Waals surface area (Å²) in [6.07, 6.45) is 1.95. The van der Waals surface area contributed by atoms with E-state index in [1.807, 2.05) is 0 Å². The SMILES string of the molecule is CCCCOc1ccc(OC)cc1NC(=O)c1[nH]c(C)c(C(C)=O)c1C.